The van der Waals surface area contributed by atoms with Gasteiger partial charge in [0.1, 0.15) is 12.2 Å². The van der Waals surface area contributed by atoms with Crippen molar-refractivity contribution in [2.24, 2.45) is 0 Å². The second kappa shape index (κ2) is 9.02. The van der Waals surface area contributed by atoms with E-state index >= 15 is 0 Å². The van der Waals surface area contributed by atoms with E-state index in [-0.39, 0.29) is 6.61 Å². The molecule has 0 atom stereocenters. The van der Waals surface area contributed by atoms with Gasteiger partial charge in [0, 0.05) is 29.7 Å². The summed E-state index contributed by atoms with van der Waals surface area (Å²) in [6.45, 7) is 2.24. The molecule has 0 aliphatic carbocycles. The molecule has 0 amide bonds. The van der Waals surface area contributed by atoms with Crippen LogP contribution in [0.1, 0.15) is 11.4 Å². The Hall–Kier alpha value is -4.29. The van der Waals surface area contributed by atoms with E-state index in [1.807, 2.05) is 37.3 Å². The van der Waals surface area contributed by atoms with Crippen LogP contribution in [0.25, 0.3) is 16.9 Å². The number of aromatic nitrogens is 5. The normalized spacial score (nSPS) is 10.5. The number of aliphatic hydroxyl groups is 1. The zero-order valence-electron chi connectivity index (χ0n) is 16.8. The fraction of sp³-hybridized carbons (Fsp3) is 0.136. The average Bonchev–Trinajstić information content (AvgIpc) is 3.24. The zero-order chi connectivity index (χ0) is 21.6. The molecular formula is C22H20N8O. The van der Waals surface area contributed by atoms with Crippen LogP contribution < -0.4 is 10.6 Å². The van der Waals surface area contributed by atoms with E-state index in [9.17, 15) is 5.26 Å². The van der Waals surface area contributed by atoms with Crippen molar-refractivity contribution in [2.75, 3.05) is 23.8 Å². The van der Waals surface area contributed by atoms with Crippen LogP contribution in [0.4, 0.5) is 17.3 Å². The highest BCUT2D eigenvalue weighted by Gasteiger charge is 2.07. The summed E-state index contributed by atoms with van der Waals surface area (Å²) < 4.78 is 1.71. The molecule has 0 saturated carbocycles. The molecule has 9 nitrogen and oxygen atoms in total. The van der Waals surface area contributed by atoms with Crippen LogP contribution in [0, 0.1) is 18.3 Å². The lowest BCUT2D eigenvalue weighted by Crippen LogP contribution is -2.05. The van der Waals surface area contributed by atoms with E-state index in [0.29, 0.717) is 29.6 Å². The van der Waals surface area contributed by atoms with Crippen LogP contribution in [-0.2, 0) is 0 Å². The van der Waals surface area contributed by atoms with Gasteiger partial charge < -0.3 is 15.7 Å². The van der Waals surface area contributed by atoms with Gasteiger partial charge in [-0.25, -0.2) is 19.6 Å². The van der Waals surface area contributed by atoms with Crippen LogP contribution in [0.15, 0.2) is 61.1 Å². The minimum absolute atomic E-state index is 0.00297. The predicted octanol–water partition coefficient (Wildman–Crippen LogP) is 3.05. The van der Waals surface area contributed by atoms with Gasteiger partial charge in [0.15, 0.2) is 0 Å². The van der Waals surface area contributed by atoms with Gasteiger partial charge in [-0.2, -0.15) is 10.4 Å². The smallest absolute Gasteiger partial charge is 0.227 e. The molecule has 31 heavy (non-hydrogen) atoms. The molecule has 3 N–H and O–H groups in total. The van der Waals surface area contributed by atoms with Crippen molar-refractivity contribution in [3.63, 3.8) is 0 Å². The second-order valence-electron chi connectivity index (χ2n) is 6.73. The summed E-state index contributed by atoms with van der Waals surface area (Å²) in [6.07, 6.45) is 3.33. The highest BCUT2D eigenvalue weighted by molar-refractivity contribution is 5.69. The minimum Gasteiger partial charge on any atom is -0.395 e. The maximum atomic E-state index is 9.33. The maximum Gasteiger partial charge on any atom is 0.227 e. The molecule has 0 aliphatic rings. The summed E-state index contributed by atoms with van der Waals surface area (Å²) in [5, 5.41) is 28.9. The molecule has 0 unspecified atom stereocenters. The Morgan fingerprint density at radius 3 is 2.61 bits per heavy atom. The summed E-state index contributed by atoms with van der Waals surface area (Å²) in [4.78, 5) is 13.0. The Balaban J connectivity index is 1.55. The summed E-state index contributed by atoms with van der Waals surface area (Å²) in [6, 6.07) is 17.0. The van der Waals surface area contributed by atoms with Gasteiger partial charge in [0.25, 0.3) is 0 Å². The third kappa shape index (κ3) is 4.83. The Morgan fingerprint density at radius 2 is 1.90 bits per heavy atom. The summed E-state index contributed by atoms with van der Waals surface area (Å²) in [5.74, 6) is 1.15. The first-order valence-corrected chi connectivity index (χ1v) is 9.64. The third-order valence-corrected chi connectivity index (χ3v) is 4.45. The number of benzene rings is 2. The van der Waals surface area contributed by atoms with Crippen LogP contribution in [0.5, 0.6) is 0 Å². The lowest BCUT2D eigenvalue weighted by atomic mass is 10.1. The van der Waals surface area contributed by atoms with Crippen molar-refractivity contribution in [1.29, 1.82) is 5.26 Å². The molecule has 0 aliphatic heterocycles. The fourth-order valence-corrected chi connectivity index (χ4v) is 3.02. The van der Waals surface area contributed by atoms with Crippen molar-refractivity contribution in [1.82, 2.24) is 24.7 Å². The first-order chi connectivity index (χ1) is 15.1. The van der Waals surface area contributed by atoms with Crippen molar-refractivity contribution in [2.45, 2.75) is 6.92 Å². The number of hydrogen-bond acceptors (Lipinski definition) is 8. The average molecular weight is 412 g/mol. The van der Waals surface area contributed by atoms with Crippen LogP contribution in [0.2, 0.25) is 0 Å². The van der Waals surface area contributed by atoms with E-state index in [0.717, 1.165) is 22.6 Å². The summed E-state index contributed by atoms with van der Waals surface area (Å²) in [5.41, 5.74) is 4.43. The largest absolute Gasteiger partial charge is 0.395 e. The van der Waals surface area contributed by atoms with Crippen LogP contribution >= 0.6 is 0 Å². The Labute approximate surface area is 179 Å². The van der Waals surface area contributed by atoms with E-state index < -0.39 is 0 Å². The Kier molecular flexibility index (Phi) is 5.82. The monoisotopic (exact) mass is 412 g/mol. The van der Waals surface area contributed by atoms with E-state index in [2.05, 4.69) is 36.8 Å². The van der Waals surface area contributed by atoms with Gasteiger partial charge in [-0.05, 0) is 55.5 Å². The quantitative estimate of drug-likeness (QED) is 0.423. The molecule has 0 fully saturated rings. The summed E-state index contributed by atoms with van der Waals surface area (Å²) >= 11 is 0. The number of aryl methyl sites for hydroxylation is 1. The van der Waals surface area contributed by atoms with Gasteiger partial charge in [-0.1, -0.05) is 0 Å². The predicted molar refractivity (Wildman–Crippen MR) is 117 cm³/mol. The SMILES string of the molecule is Cc1ncn(-c2ccc(Nc3nccc(-c4cc(C#N)cc(NCCO)c4)n3)cc2)n1. The summed E-state index contributed by atoms with van der Waals surface area (Å²) in [7, 11) is 0. The van der Waals surface area contributed by atoms with Crippen LogP contribution in [0.3, 0.4) is 0 Å². The molecule has 2 aromatic heterocycles. The molecule has 9 heteroatoms. The van der Waals surface area contributed by atoms with E-state index in [4.69, 9.17) is 5.11 Å². The maximum absolute atomic E-state index is 9.33. The third-order valence-electron chi connectivity index (χ3n) is 4.45. The second-order valence-corrected chi connectivity index (χ2v) is 6.73. The molecule has 2 heterocycles. The number of hydrogen-bond donors (Lipinski definition) is 3. The first kappa shape index (κ1) is 20.0. The van der Waals surface area contributed by atoms with E-state index in [1.165, 1.54) is 0 Å². The Morgan fingerprint density at radius 1 is 1.06 bits per heavy atom. The van der Waals surface area contributed by atoms with Crippen molar-refractivity contribution in [3.8, 4) is 23.0 Å². The molecule has 0 radical (unpaired) electrons. The number of nitrogens with zero attached hydrogens (tertiary/aromatic N) is 6. The number of rotatable bonds is 7. The highest BCUT2D eigenvalue weighted by atomic mass is 16.3. The molecule has 0 bridgehead atoms. The van der Waals surface area contributed by atoms with Crippen LogP contribution in [-0.4, -0.2) is 43.0 Å². The van der Waals surface area contributed by atoms with Crippen molar-refractivity contribution < 1.29 is 5.11 Å². The molecule has 154 valence electrons. The molecule has 0 saturated heterocycles. The van der Waals surface area contributed by atoms with E-state index in [1.54, 1.807) is 35.4 Å². The van der Waals surface area contributed by atoms with Gasteiger partial charge in [0.2, 0.25) is 5.95 Å². The lowest BCUT2D eigenvalue weighted by Gasteiger charge is -2.10. The van der Waals surface area contributed by atoms with Gasteiger partial charge >= 0.3 is 0 Å². The van der Waals surface area contributed by atoms with Gasteiger partial charge in [-0.3, -0.25) is 0 Å². The topological polar surface area (TPSA) is 125 Å². The highest BCUT2D eigenvalue weighted by Crippen LogP contribution is 2.25. The van der Waals surface area contributed by atoms with Crippen molar-refractivity contribution in [3.05, 3.63) is 72.4 Å². The lowest BCUT2D eigenvalue weighted by molar-refractivity contribution is 0.311. The number of anilines is 3. The molecule has 0 spiro atoms. The minimum atomic E-state index is 0.00297. The standard InChI is InChI=1S/C22H20N8O/c1-15-26-14-30(29-15)20-4-2-18(3-5-20)27-22-25-7-6-21(28-22)17-10-16(13-23)11-19(12-17)24-8-9-31/h2-7,10-12,14,24,31H,8-9H2,1H3,(H,25,27,28). The molecule has 4 rings (SSSR count). The number of aliphatic hydroxyl groups excluding tert-OH is 1. The fourth-order valence-electron chi connectivity index (χ4n) is 3.02. The molecular weight excluding hydrogens is 392 g/mol. The van der Waals surface area contributed by atoms with Gasteiger partial charge in [-0.15, -0.1) is 0 Å². The molecule has 2 aromatic carbocycles. The Bertz CT molecular complexity index is 1230. The zero-order valence-corrected chi connectivity index (χ0v) is 16.8. The van der Waals surface area contributed by atoms with Gasteiger partial charge in [0.05, 0.1) is 29.6 Å². The molecule has 4 aromatic rings. The number of nitriles is 1. The first-order valence-electron chi connectivity index (χ1n) is 9.64. The van der Waals surface area contributed by atoms with Crippen molar-refractivity contribution >= 4 is 17.3 Å². The number of nitrogens with one attached hydrogen (secondary N) is 2.